The van der Waals surface area contributed by atoms with Crippen molar-refractivity contribution in [3.63, 3.8) is 0 Å². The molecular weight excluding hydrogens is 343 g/mol. The van der Waals surface area contributed by atoms with E-state index in [1.807, 2.05) is 0 Å². The number of aromatic nitrogens is 5. The molecule has 6 nitrogen and oxygen atoms in total. The molecular formula is C20H21FN6. The van der Waals surface area contributed by atoms with E-state index in [1.165, 1.54) is 18.5 Å². The molecule has 0 spiro atoms. The van der Waals surface area contributed by atoms with Gasteiger partial charge in [0.15, 0.2) is 11.5 Å². The molecule has 4 rings (SSSR count). The minimum absolute atomic E-state index is 0.0397. The van der Waals surface area contributed by atoms with E-state index in [2.05, 4.69) is 52.1 Å². The van der Waals surface area contributed by atoms with E-state index in [-0.39, 0.29) is 11.9 Å². The van der Waals surface area contributed by atoms with Gasteiger partial charge >= 0.3 is 0 Å². The van der Waals surface area contributed by atoms with Gasteiger partial charge in [0, 0.05) is 17.1 Å². The third-order valence-corrected chi connectivity index (χ3v) is 4.54. The van der Waals surface area contributed by atoms with Crippen molar-refractivity contribution < 1.29 is 4.39 Å². The lowest BCUT2D eigenvalue weighted by molar-refractivity contribution is 0.624. The number of benzene rings is 1. The number of halogens is 1. The summed E-state index contributed by atoms with van der Waals surface area (Å²) in [4.78, 5) is 20.5. The average molecular weight is 364 g/mol. The highest BCUT2D eigenvalue weighted by molar-refractivity contribution is 5.83. The first-order valence-corrected chi connectivity index (χ1v) is 9.01. The molecule has 1 aromatic carbocycles. The van der Waals surface area contributed by atoms with Crippen molar-refractivity contribution >= 4 is 27.9 Å². The van der Waals surface area contributed by atoms with Gasteiger partial charge in [-0.1, -0.05) is 13.8 Å². The summed E-state index contributed by atoms with van der Waals surface area (Å²) in [6.45, 7) is 6.37. The molecule has 0 bridgehead atoms. The van der Waals surface area contributed by atoms with Crippen LogP contribution >= 0.6 is 0 Å². The smallest absolute Gasteiger partial charge is 0.182 e. The molecule has 0 radical (unpaired) electrons. The maximum atomic E-state index is 13.6. The van der Waals surface area contributed by atoms with Crippen molar-refractivity contribution in [2.75, 3.05) is 5.32 Å². The third-order valence-electron chi connectivity index (χ3n) is 4.54. The lowest BCUT2D eigenvalue weighted by Gasteiger charge is -2.20. The van der Waals surface area contributed by atoms with Crippen LogP contribution in [0.15, 0.2) is 36.9 Å². The van der Waals surface area contributed by atoms with E-state index in [9.17, 15) is 4.39 Å². The second-order valence-corrected chi connectivity index (χ2v) is 7.15. The SMILES string of the molecule is CC(C)Cc1nc2cc(F)ccc2cc1C(C)Nc1ncnc2nc[nH]c12. The minimum Gasteiger partial charge on any atom is -0.362 e. The van der Waals surface area contributed by atoms with Crippen molar-refractivity contribution in [2.24, 2.45) is 5.92 Å². The summed E-state index contributed by atoms with van der Waals surface area (Å²) in [7, 11) is 0. The van der Waals surface area contributed by atoms with Gasteiger partial charge < -0.3 is 10.3 Å². The fraction of sp³-hybridized carbons (Fsp3) is 0.300. The molecule has 4 aromatic rings. The zero-order chi connectivity index (χ0) is 19.0. The number of nitrogens with zero attached hydrogens (tertiary/aromatic N) is 4. The van der Waals surface area contributed by atoms with Crippen molar-refractivity contribution in [3.05, 3.63) is 54.0 Å². The quantitative estimate of drug-likeness (QED) is 0.548. The van der Waals surface area contributed by atoms with Crippen LogP contribution in [-0.4, -0.2) is 24.9 Å². The zero-order valence-electron chi connectivity index (χ0n) is 15.5. The number of nitrogens with one attached hydrogen (secondary N) is 2. The van der Waals surface area contributed by atoms with Crippen LogP contribution in [0.2, 0.25) is 0 Å². The van der Waals surface area contributed by atoms with E-state index in [4.69, 9.17) is 4.98 Å². The molecule has 2 N–H and O–H groups in total. The topological polar surface area (TPSA) is 79.4 Å². The minimum atomic E-state index is -0.271. The van der Waals surface area contributed by atoms with Crippen LogP contribution in [0.1, 0.15) is 38.1 Å². The van der Waals surface area contributed by atoms with Crippen LogP contribution < -0.4 is 5.32 Å². The van der Waals surface area contributed by atoms with Gasteiger partial charge in [0.2, 0.25) is 0 Å². The highest BCUT2D eigenvalue weighted by atomic mass is 19.1. The van der Waals surface area contributed by atoms with Crippen LogP contribution in [0.25, 0.3) is 22.1 Å². The number of fused-ring (bicyclic) bond motifs is 2. The second-order valence-electron chi connectivity index (χ2n) is 7.15. The molecule has 1 unspecified atom stereocenters. The van der Waals surface area contributed by atoms with Gasteiger partial charge in [0.25, 0.3) is 0 Å². The van der Waals surface area contributed by atoms with E-state index in [1.54, 1.807) is 12.4 Å². The Kier molecular flexibility index (Phi) is 4.43. The molecule has 0 aliphatic rings. The monoisotopic (exact) mass is 364 g/mol. The van der Waals surface area contributed by atoms with E-state index < -0.39 is 0 Å². The molecule has 0 saturated carbocycles. The summed E-state index contributed by atoms with van der Waals surface area (Å²) in [6, 6.07) is 6.77. The summed E-state index contributed by atoms with van der Waals surface area (Å²) >= 11 is 0. The third kappa shape index (κ3) is 3.45. The lowest BCUT2D eigenvalue weighted by Crippen LogP contribution is -2.13. The maximum Gasteiger partial charge on any atom is 0.182 e. The number of imidazole rings is 1. The number of pyridine rings is 1. The van der Waals surface area contributed by atoms with Gasteiger partial charge in [-0.3, -0.25) is 4.98 Å². The van der Waals surface area contributed by atoms with Crippen LogP contribution in [-0.2, 0) is 6.42 Å². The fourth-order valence-electron chi connectivity index (χ4n) is 3.28. The van der Waals surface area contributed by atoms with Crippen molar-refractivity contribution in [2.45, 2.75) is 33.2 Å². The molecule has 27 heavy (non-hydrogen) atoms. The predicted molar refractivity (Wildman–Crippen MR) is 104 cm³/mol. The number of hydrogen-bond acceptors (Lipinski definition) is 5. The van der Waals surface area contributed by atoms with Gasteiger partial charge in [-0.25, -0.2) is 19.3 Å². The lowest BCUT2D eigenvalue weighted by atomic mass is 9.97. The van der Waals surface area contributed by atoms with E-state index in [0.717, 1.165) is 28.6 Å². The Balaban J connectivity index is 1.76. The van der Waals surface area contributed by atoms with E-state index in [0.29, 0.717) is 22.9 Å². The van der Waals surface area contributed by atoms with Crippen LogP contribution in [0.3, 0.4) is 0 Å². The van der Waals surface area contributed by atoms with E-state index >= 15 is 0 Å². The molecule has 7 heteroatoms. The maximum absolute atomic E-state index is 13.6. The summed E-state index contributed by atoms with van der Waals surface area (Å²) in [5.41, 5.74) is 4.12. The molecule has 0 aliphatic carbocycles. The van der Waals surface area contributed by atoms with Crippen LogP contribution in [0.5, 0.6) is 0 Å². The Morgan fingerprint density at radius 2 is 1.96 bits per heavy atom. The molecule has 1 atom stereocenters. The normalized spacial score (nSPS) is 12.8. The summed E-state index contributed by atoms with van der Waals surface area (Å²) in [5.74, 6) is 0.861. The fourth-order valence-corrected chi connectivity index (χ4v) is 3.28. The Labute approximate surface area is 156 Å². The molecule has 0 amide bonds. The standard InChI is InChI=1S/C20H21FN6/c1-11(2)6-17-15(7-13-4-5-14(21)8-16(13)27-17)12(3)26-20-18-19(23-9-22-18)24-10-25-20/h4-5,7-12H,6H2,1-3H3,(H2,22,23,24,25,26). The van der Waals surface area contributed by atoms with Gasteiger partial charge in [-0.2, -0.15) is 0 Å². The molecule has 138 valence electrons. The highest BCUT2D eigenvalue weighted by Crippen LogP contribution is 2.28. The number of anilines is 1. The summed E-state index contributed by atoms with van der Waals surface area (Å²) < 4.78 is 13.6. The number of hydrogen-bond donors (Lipinski definition) is 2. The first kappa shape index (κ1) is 17.3. The molecule has 3 heterocycles. The Hall–Kier alpha value is -3.09. The van der Waals surface area contributed by atoms with Gasteiger partial charge in [0.1, 0.15) is 17.7 Å². The van der Waals surface area contributed by atoms with Gasteiger partial charge in [-0.05, 0) is 43.0 Å². The molecule has 3 aromatic heterocycles. The average Bonchev–Trinajstić information content (AvgIpc) is 3.10. The number of rotatable bonds is 5. The Morgan fingerprint density at radius 3 is 2.78 bits per heavy atom. The molecule has 0 aliphatic heterocycles. The zero-order valence-corrected chi connectivity index (χ0v) is 15.5. The number of H-pyrrole nitrogens is 1. The Bertz CT molecular complexity index is 1100. The van der Waals surface area contributed by atoms with Gasteiger partial charge in [-0.15, -0.1) is 0 Å². The Morgan fingerprint density at radius 1 is 1.11 bits per heavy atom. The first-order valence-electron chi connectivity index (χ1n) is 9.01. The summed E-state index contributed by atoms with van der Waals surface area (Å²) in [6.07, 6.45) is 3.91. The molecule has 0 saturated heterocycles. The van der Waals surface area contributed by atoms with Crippen LogP contribution in [0.4, 0.5) is 10.2 Å². The highest BCUT2D eigenvalue weighted by Gasteiger charge is 2.17. The van der Waals surface area contributed by atoms with Crippen molar-refractivity contribution in [1.29, 1.82) is 0 Å². The van der Waals surface area contributed by atoms with Crippen LogP contribution in [0, 0.1) is 11.7 Å². The number of aromatic amines is 1. The second kappa shape index (κ2) is 6.90. The van der Waals surface area contributed by atoms with Gasteiger partial charge in [0.05, 0.1) is 17.9 Å². The largest absolute Gasteiger partial charge is 0.362 e. The first-order chi connectivity index (χ1) is 13.0. The molecule has 0 fully saturated rings. The van der Waals surface area contributed by atoms with Crippen molar-refractivity contribution in [1.82, 2.24) is 24.9 Å². The summed E-state index contributed by atoms with van der Waals surface area (Å²) in [5, 5.41) is 4.36. The predicted octanol–water partition coefficient (Wildman–Crippen LogP) is 4.41. The van der Waals surface area contributed by atoms with Crippen molar-refractivity contribution in [3.8, 4) is 0 Å².